The topological polar surface area (TPSA) is 66.4 Å². The van der Waals surface area contributed by atoms with E-state index in [1.165, 1.54) is 18.2 Å². The van der Waals surface area contributed by atoms with Crippen molar-refractivity contribution in [3.05, 3.63) is 28.2 Å². The minimum atomic E-state index is -3.64. The van der Waals surface area contributed by atoms with Gasteiger partial charge in [0.2, 0.25) is 10.0 Å². The molecule has 21 heavy (non-hydrogen) atoms. The Kier molecular flexibility index (Phi) is 5.91. The summed E-state index contributed by atoms with van der Waals surface area (Å²) < 4.78 is 27.2. The lowest BCUT2D eigenvalue weighted by Crippen LogP contribution is -2.35. The Labute approximate surface area is 135 Å². The highest BCUT2D eigenvalue weighted by Gasteiger charge is 2.26. The average Bonchev–Trinajstić information content (AvgIpc) is 2.44. The molecule has 0 amide bonds. The normalized spacial score (nSPS) is 23.2. The largest absolute Gasteiger partial charge is 0.396 e. The van der Waals surface area contributed by atoms with Crippen LogP contribution in [0.1, 0.15) is 25.7 Å². The molecule has 118 valence electrons. The zero-order valence-electron chi connectivity index (χ0n) is 11.6. The van der Waals surface area contributed by atoms with Gasteiger partial charge in [-0.05, 0) is 42.9 Å². The second kappa shape index (κ2) is 7.29. The highest BCUT2D eigenvalue weighted by atomic mass is 35.5. The molecule has 0 aromatic heterocycles. The van der Waals surface area contributed by atoms with Crippen LogP contribution >= 0.6 is 23.2 Å². The van der Waals surface area contributed by atoms with Crippen LogP contribution in [-0.4, -0.2) is 26.7 Å². The molecule has 1 aromatic carbocycles. The average molecular weight is 352 g/mol. The van der Waals surface area contributed by atoms with Gasteiger partial charge in [-0.3, -0.25) is 0 Å². The second-order valence-corrected chi connectivity index (χ2v) is 8.08. The van der Waals surface area contributed by atoms with Crippen molar-refractivity contribution in [1.29, 1.82) is 0 Å². The first kappa shape index (κ1) is 17.0. The molecule has 1 aliphatic rings. The minimum Gasteiger partial charge on any atom is -0.396 e. The maximum absolute atomic E-state index is 12.3. The number of sulfonamides is 1. The Morgan fingerprint density at radius 2 is 1.67 bits per heavy atom. The molecule has 0 radical (unpaired) electrons. The van der Waals surface area contributed by atoms with Gasteiger partial charge < -0.3 is 5.11 Å². The zero-order valence-corrected chi connectivity index (χ0v) is 13.9. The first-order valence-corrected chi connectivity index (χ1v) is 9.23. The van der Waals surface area contributed by atoms with Crippen molar-refractivity contribution in [2.45, 2.75) is 30.6 Å². The van der Waals surface area contributed by atoms with Gasteiger partial charge in [-0.25, -0.2) is 13.1 Å². The number of rotatable bonds is 5. The van der Waals surface area contributed by atoms with Gasteiger partial charge in [0.15, 0.2) is 0 Å². The van der Waals surface area contributed by atoms with E-state index in [1.807, 2.05) is 0 Å². The van der Waals surface area contributed by atoms with Crippen molar-refractivity contribution < 1.29 is 13.5 Å². The molecule has 0 heterocycles. The standard InChI is InChI=1S/C14H19Cl2NO3S/c15-12-5-13(16)7-14(6-12)21(19,20)17-8-10-3-1-2-4-11(10)9-18/h5-7,10-11,17-18H,1-4,8-9H2. The minimum absolute atomic E-state index is 0.0661. The van der Waals surface area contributed by atoms with Gasteiger partial charge in [-0.1, -0.05) is 36.0 Å². The fourth-order valence-corrected chi connectivity index (χ4v) is 4.60. The van der Waals surface area contributed by atoms with Crippen molar-refractivity contribution in [3.63, 3.8) is 0 Å². The first-order valence-electron chi connectivity index (χ1n) is 6.99. The molecule has 0 aliphatic heterocycles. The summed E-state index contributed by atoms with van der Waals surface area (Å²) in [4.78, 5) is 0.0661. The van der Waals surface area contributed by atoms with E-state index in [4.69, 9.17) is 23.2 Å². The molecular formula is C14H19Cl2NO3S. The van der Waals surface area contributed by atoms with Gasteiger partial charge in [-0.2, -0.15) is 0 Å². The summed E-state index contributed by atoms with van der Waals surface area (Å²) in [6.07, 6.45) is 4.06. The number of aliphatic hydroxyl groups excluding tert-OH is 1. The molecular weight excluding hydrogens is 333 g/mol. The van der Waals surface area contributed by atoms with E-state index in [1.54, 1.807) is 0 Å². The summed E-state index contributed by atoms with van der Waals surface area (Å²) in [5, 5.41) is 9.94. The molecule has 0 bridgehead atoms. The Balaban J connectivity index is 2.07. The Morgan fingerprint density at radius 1 is 1.10 bits per heavy atom. The molecule has 7 heteroatoms. The van der Waals surface area contributed by atoms with E-state index < -0.39 is 10.0 Å². The van der Waals surface area contributed by atoms with Gasteiger partial charge in [-0.15, -0.1) is 0 Å². The highest BCUT2D eigenvalue weighted by Crippen LogP contribution is 2.29. The molecule has 1 aromatic rings. The van der Waals surface area contributed by atoms with Crippen LogP contribution in [0.3, 0.4) is 0 Å². The lowest BCUT2D eigenvalue weighted by Gasteiger charge is -2.30. The lowest BCUT2D eigenvalue weighted by atomic mass is 9.80. The van der Waals surface area contributed by atoms with Crippen molar-refractivity contribution in [1.82, 2.24) is 4.72 Å². The molecule has 2 rings (SSSR count). The quantitative estimate of drug-likeness (QED) is 0.856. The molecule has 2 unspecified atom stereocenters. The highest BCUT2D eigenvalue weighted by molar-refractivity contribution is 7.89. The van der Waals surface area contributed by atoms with Gasteiger partial charge in [0.1, 0.15) is 0 Å². The third kappa shape index (κ3) is 4.57. The second-order valence-electron chi connectivity index (χ2n) is 5.44. The fourth-order valence-electron chi connectivity index (χ4n) is 2.78. The molecule has 4 nitrogen and oxygen atoms in total. The maximum atomic E-state index is 12.3. The fraction of sp³-hybridized carbons (Fsp3) is 0.571. The SMILES string of the molecule is O=S(=O)(NCC1CCCCC1CO)c1cc(Cl)cc(Cl)c1. The van der Waals surface area contributed by atoms with Crippen molar-refractivity contribution in [3.8, 4) is 0 Å². The van der Waals surface area contributed by atoms with Crippen molar-refractivity contribution >= 4 is 33.2 Å². The van der Waals surface area contributed by atoms with Crippen LogP contribution in [0.15, 0.2) is 23.1 Å². The summed E-state index contributed by atoms with van der Waals surface area (Å²) in [6.45, 7) is 0.438. The monoisotopic (exact) mass is 351 g/mol. The molecule has 2 atom stereocenters. The van der Waals surface area contributed by atoms with Crippen LogP contribution in [0.25, 0.3) is 0 Å². The number of benzene rings is 1. The van der Waals surface area contributed by atoms with E-state index in [2.05, 4.69) is 4.72 Å². The van der Waals surface area contributed by atoms with E-state index in [-0.39, 0.29) is 33.4 Å². The van der Waals surface area contributed by atoms with E-state index in [0.29, 0.717) is 6.54 Å². The number of hydrogen-bond donors (Lipinski definition) is 2. The molecule has 0 spiro atoms. The Morgan fingerprint density at radius 3 is 2.24 bits per heavy atom. The number of hydrogen-bond acceptors (Lipinski definition) is 3. The lowest BCUT2D eigenvalue weighted by molar-refractivity contribution is 0.136. The number of nitrogens with one attached hydrogen (secondary N) is 1. The molecule has 1 fully saturated rings. The first-order chi connectivity index (χ1) is 9.92. The summed E-state index contributed by atoms with van der Waals surface area (Å²) in [5.74, 6) is 0.345. The zero-order chi connectivity index (χ0) is 15.5. The van der Waals surface area contributed by atoms with Crippen LogP contribution in [-0.2, 0) is 10.0 Å². The maximum Gasteiger partial charge on any atom is 0.240 e. The smallest absolute Gasteiger partial charge is 0.240 e. The van der Waals surface area contributed by atoms with E-state index in [0.717, 1.165) is 25.7 Å². The molecule has 1 saturated carbocycles. The third-order valence-corrected chi connectivity index (χ3v) is 5.82. The van der Waals surface area contributed by atoms with Crippen LogP contribution < -0.4 is 4.72 Å². The van der Waals surface area contributed by atoms with Gasteiger partial charge in [0.25, 0.3) is 0 Å². The molecule has 1 aliphatic carbocycles. The van der Waals surface area contributed by atoms with E-state index >= 15 is 0 Å². The summed E-state index contributed by atoms with van der Waals surface area (Å²) in [5.41, 5.74) is 0. The van der Waals surface area contributed by atoms with Crippen molar-refractivity contribution in [2.24, 2.45) is 11.8 Å². The Bertz CT molecular complexity index is 572. The van der Waals surface area contributed by atoms with Crippen LogP contribution in [0, 0.1) is 11.8 Å². The summed E-state index contributed by atoms with van der Waals surface area (Å²) >= 11 is 11.7. The van der Waals surface area contributed by atoms with Crippen LogP contribution in [0.5, 0.6) is 0 Å². The predicted molar refractivity (Wildman–Crippen MR) is 84.2 cm³/mol. The summed E-state index contributed by atoms with van der Waals surface area (Å²) in [6, 6.07) is 4.24. The summed E-state index contributed by atoms with van der Waals surface area (Å²) in [7, 11) is -3.64. The van der Waals surface area contributed by atoms with Crippen molar-refractivity contribution in [2.75, 3.05) is 13.2 Å². The Hall–Kier alpha value is -0.330. The van der Waals surface area contributed by atoms with Gasteiger partial charge in [0, 0.05) is 23.2 Å². The van der Waals surface area contributed by atoms with E-state index in [9.17, 15) is 13.5 Å². The van der Waals surface area contributed by atoms with Gasteiger partial charge in [0.05, 0.1) is 4.90 Å². The predicted octanol–water partition coefficient (Wildman–Crippen LogP) is 3.07. The molecule has 0 saturated heterocycles. The van der Waals surface area contributed by atoms with Crippen LogP contribution in [0.2, 0.25) is 10.0 Å². The number of halogens is 2. The number of aliphatic hydroxyl groups is 1. The van der Waals surface area contributed by atoms with Crippen LogP contribution in [0.4, 0.5) is 0 Å². The molecule has 2 N–H and O–H groups in total. The third-order valence-electron chi connectivity index (χ3n) is 3.98. The van der Waals surface area contributed by atoms with Gasteiger partial charge >= 0.3 is 0 Å².